The van der Waals surface area contributed by atoms with E-state index in [9.17, 15) is 4.79 Å². The topological polar surface area (TPSA) is 57.0 Å². The van der Waals surface area contributed by atoms with E-state index in [1.165, 1.54) is 17.3 Å². The van der Waals surface area contributed by atoms with Crippen molar-refractivity contribution in [3.8, 4) is 5.75 Å². The first-order valence-electron chi connectivity index (χ1n) is 9.91. The summed E-state index contributed by atoms with van der Waals surface area (Å²) in [6, 6.07) is 17.5. The van der Waals surface area contributed by atoms with Gasteiger partial charge in [-0.2, -0.15) is 0 Å². The fourth-order valence-electron chi connectivity index (χ4n) is 2.89. The summed E-state index contributed by atoms with van der Waals surface area (Å²) in [5.41, 5.74) is 2.00. The number of rotatable bonds is 10. The molecule has 0 atom stereocenters. The Morgan fingerprint density at radius 1 is 1.07 bits per heavy atom. The van der Waals surface area contributed by atoms with E-state index in [-0.39, 0.29) is 5.78 Å². The molecule has 6 heteroatoms. The molecule has 1 aromatic heterocycles. The molecule has 1 heterocycles. The average Bonchev–Trinajstić information content (AvgIpc) is 3.12. The van der Waals surface area contributed by atoms with E-state index in [4.69, 9.17) is 4.74 Å². The number of nitrogens with zero attached hydrogens (tertiary/aromatic N) is 3. The van der Waals surface area contributed by atoms with Gasteiger partial charge < -0.3 is 9.30 Å². The van der Waals surface area contributed by atoms with Gasteiger partial charge in [0.1, 0.15) is 12.4 Å². The van der Waals surface area contributed by atoms with Crippen LogP contribution >= 0.6 is 11.8 Å². The van der Waals surface area contributed by atoms with Crippen LogP contribution in [0.15, 0.2) is 59.8 Å². The highest BCUT2D eigenvalue weighted by molar-refractivity contribution is 7.99. The molecule has 2 aromatic carbocycles. The minimum atomic E-state index is 0.0866. The number of Topliss-reactive ketones (excluding diaryl/α,β-unsaturated/α-hetero) is 1. The Kier molecular flexibility index (Phi) is 7.47. The lowest BCUT2D eigenvalue weighted by Crippen LogP contribution is -2.13. The Morgan fingerprint density at radius 2 is 1.79 bits per heavy atom. The van der Waals surface area contributed by atoms with Gasteiger partial charge in [0.15, 0.2) is 16.8 Å². The van der Waals surface area contributed by atoms with Crippen molar-refractivity contribution in [2.45, 2.75) is 45.5 Å². The summed E-state index contributed by atoms with van der Waals surface area (Å²) >= 11 is 1.42. The molecule has 0 spiro atoms. The number of aromatic nitrogens is 3. The molecule has 152 valence electrons. The molecule has 0 amide bonds. The first kappa shape index (κ1) is 21.1. The van der Waals surface area contributed by atoms with Gasteiger partial charge in [0.2, 0.25) is 0 Å². The number of ether oxygens (including phenoxy) is 1. The monoisotopic (exact) mass is 409 g/mol. The maximum Gasteiger partial charge on any atom is 0.191 e. The second kappa shape index (κ2) is 10.3. The Bertz CT molecular complexity index is 921. The lowest BCUT2D eigenvalue weighted by atomic mass is 10.2. The summed E-state index contributed by atoms with van der Waals surface area (Å²) in [5, 5.41) is 9.40. The van der Waals surface area contributed by atoms with Crippen LogP contribution in [0.1, 0.15) is 42.5 Å². The number of carbonyl (C=O) groups excluding carboxylic acids is 1. The number of hydrogen-bond acceptors (Lipinski definition) is 5. The molecule has 0 bridgehead atoms. The highest BCUT2D eigenvalue weighted by atomic mass is 32.2. The SMILES string of the molecule is CCc1ccc(OCc2nnc(SCC(=O)c3ccccc3)n2CC(C)C)cc1. The third-order valence-corrected chi connectivity index (χ3v) is 5.44. The number of aryl methyl sites for hydroxylation is 1. The van der Waals surface area contributed by atoms with Gasteiger partial charge in [0.25, 0.3) is 0 Å². The van der Waals surface area contributed by atoms with Crippen LogP contribution < -0.4 is 4.74 Å². The smallest absolute Gasteiger partial charge is 0.191 e. The molecule has 3 rings (SSSR count). The quantitative estimate of drug-likeness (QED) is 0.346. The van der Waals surface area contributed by atoms with Crippen molar-refractivity contribution in [1.82, 2.24) is 14.8 Å². The van der Waals surface area contributed by atoms with Crippen molar-refractivity contribution < 1.29 is 9.53 Å². The second-order valence-corrected chi connectivity index (χ2v) is 8.21. The van der Waals surface area contributed by atoms with Crippen LogP contribution in [0.3, 0.4) is 0 Å². The van der Waals surface area contributed by atoms with Crippen LogP contribution in [-0.2, 0) is 19.6 Å². The van der Waals surface area contributed by atoms with E-state index in [1.54, 1.807) is 0 Å². The molecule has 0 aliphatic carbocycles. The zero-order valence-corrected chi connectivity index (χ0v) is 18.0. The van der Waals surface area contributed by atoms with Crippen LogP contribution in [0.4, 0.5) is 0 Å². The molecule has 0 aliphatic heterocycles. The third-order valence-electron chi connectivity index (χ3n) is 4.47. The van der Waals surface area contributed by atoms with Gasteiger partial charge in [-0.1, -0.05) is 75.0 Å². The number of benzene rings is 2. The van der Waals surface area contributed by atoms with Gasteiger partial charge in [0, 0.05) is 12.1 Å². The molecule has 0 saturated heterocycles. The highest BCUT2D eigenvalue weighted by Crippen LogP contribution is 2.21. The molecule has 0 aliphatic rings. The van der Waals surface area contributed by atoms with Crippen molar-refractivity contribution in [3.63, 3.8) is 0 Å². The minimum Gasteiger partial charge on any atom is -0.486 e. The molecule has 0 saturated carbocycles. The lowest BCUT2D eigenvalue weighted by molar-refractivity contribution is 0.102. The standard InChI is InChI=1S/C23H27N3O2S/c1-4-18-10-12-20(13-11-18)28-15-22-24-25-23(26(22)14-17(2)3)29-16-21(27)19-8-6-5-7-9-19/h5-13,17H,4,14-16H2,1-3H3. The maximum absolute atomic E-state index is 12.4. The first-order valence-corrected chi connectivity index (χ1v) is 10.9. The molecule has 3 aromatic rings. The molecule has 0 radical (unpaired) electrons. The highest BCUT2D eigenvalue weighted by Gasteiger charge is 2.16. The Balaban J connectivity index is 1.67. The van der Waals surface area contributed by atoms with Gasteiger partial charge in [-0.25, -0.2) is 0 Å². The van der Waals surface area contributed by atoms with E-state index in [0.717, 1.165) is 29.7 Å². The van der Waals surface area contributed by atoms with Crippen molar-refractivity contribution in [1.29, 1.82) is 0 Å². The zero-order valence-electron chi connectivity index (χ0n) is 17.2. The van der Waals surface area contributed by atoms with Crippen LogP contribution in [0.2, 0.25) is 0 Å². The van der Waals surface area contributed by atoms with Crippen molar-refractivity contribution in [2.75, 3.05) is 5.75 Å². The molecular weight excluding hydrogens is 382 g/mol. The van der Waals surface area contributed by atoms with E-state index in [1.807, 2.05) is 42.5 Å². The molecule has 0 N–H and O–H groups in total. The Morgan fingerprint density at radius 3 is 2.45 bits per heavy atom. The summed E-state index contributed by atoms with van der Waals surface area (Å²) in [5.74, 6) is 2.43. The van der Waals surface area contributed by atoms with E-state index < -0.39 is 0 Å². The van der Waals surface area contributed by atoms with Crippen molar-refractivity contribution in [2.24, 2.45) is 5.92 Å². The van der Waals surface area contributed by atoms with Gasteiger partial charge in [0.05, 0.1) is 5.75 Å². The Hall–Kier alpha value is -2.60. The molecule has 0 unspecified atom stereocenters. The van der Waals surface area contributed by atoms with Gasteiger partial charge >= 0.3 is 0 Å². The maximum atomic E-state index is 12.4. The van der Waals surface area contributed by atoms with Crippen molar-refractivity contribution in [3.05, 3.63) is 71.5 Å². The summed E-state index contributed by atoms with van der Waals surface area (Å²) < 4.78 is 7.99. The number of hydrogen-bond donors (Lipinski definition) is 0. The van der Waals surface area contributed by atoms with Crippen LogP contribution in [0.25, 0.3) is 0 Å². The van der Waals surface area contributed by atoms with E-state index in [2.05, 4.69) is 47.7 Å². The fraction of sp³-hybridized carbons (Fsp3) is 0.348. The van der Waals surface area contributed by atoms with Gasteiger partial charge in [-0.05, 0) is 30.0 Å². The Labute approximate surface area is 176 Å². The summed E-state index contributed by atoms with van der Waals surface area (Å²) in [4.78, 5) is 12.4. The first-order chi connectivity index (χ1) is 14.1. The predicted molar refractivity (Wildman–Crippen MR) is 117 cm³/mol. The number of ketones is 1. The largest absolute Gasteiger partial charge is 0.486 e. The molecule has 29 heavy (non-hydrogen) atoms. The van der Waals surface area contributed by atoms with Gasteiger partial charge in [-0.15, -0.1) is 10.2 Å². The average molecular weight is 410 g/mol. The third kappa shape index (κ3) is 5.94. The lowest BCUT2D eigenvalue weighted by Gasteiger charge is -2.13. The molecular formula is C23H27N3O2S. The summed E-state index contributed by atoms with van der Waals surface area (Å²) in [7, 11) is 0. The summed E-state index contributed by atoms with van der Waals surface area (Å²) in [6.07, 6.45) is 1.01. The second-order valence-electron chi connectivity index (χ2n) is 7.27. The van der Waals surface area contributed by atoms with E-state index >= 15 is 0 Å². The number of carbonyl (C=O) groups is 1. The zero-order chi connectivity index (χ0) is 20.6. The van der Waals surface area contributed by atoms with Crippen LogP contribution in [0, 0.1) is 5.92 Å². The normalized spacial score (nSPS) is 11.0. The number of thioether (sulfide) groups is 1. The molecule has 0 fully saturated rings. The van der Waals surface area contributed by atoms with Gasteiger partial charge in [-0.3, -0.25) is 4.79 Å². The molecule has 5 nitrogen and oxygen atoms in total. The van der Waals surface area contributed by atoms with Crippen molar-refractivity contribution >= 4 is 17.5 Å². The van der Waals surface area contributed by atoms with Crippen LogP contribution in [0.5, 0.6) is 5.75 Å². The minimum absolute atomic E-state index is 0.0866. The summed E-state index contributed by atoms with van der Waals surface area (Å²) in [6.45, 7) is 7.56. The van der Waals surface area contributed by atoms with Crippen LogP contribution in [-0.4, -0.2) is 26.3 Å². The fourth-order valence-corrected chi connectivity index (χ4v) is 3.75. The van der Waals surface area contributed by atoms with E-state index in [0.29, 0.717) is 23.8 Å². The predicted octanol–water partition coefficient (Wildman–Crippen LogP) is 5.05.